The molecule has 0 aliphatic rings. The summed E-state index contributed by atoms with van der Waals surface area (Å²) in [7, 11) is 1.46. The number of rotatable bonds is 7. The number of hydrogen-bond donors (Lipinski definition) is 2. The van der Waals surface area contributed by atoms with Crippen molar-refractivity contribution in [1.29, 1.82) is 0 Å². The van der Waals surface area contributed by atoms with E-state index in [1.807, 2.05) is 30.5 Å². The first-order valence-electron chi connectivity index (χ1n) is 8.41. The van der Waals surface area contributed by atoms with Gasteiger partial charge < -0.3 is 14.8 Å². The van der Waals surface area contributed by atoms with Crippen LogP contribution in [0.5, 0.6) is 11.5 Å². The van der Waals surface area contributed by atoms with Gasteiger partial charge in [0.1, 0.15) is 0 Å². The molecule has 2 N–H and O–H groups in total. The molecule has 27 heavy (non-hydrogen) atoms. The molecule has 3 rings (SSSR count). The number of hydrogen-bond acceptors (Lipinski definition) is 4. The van der Waals surface area contributed by atoms with Gasteiger partial charge in [0.05, 0.1) is 13.5 Å². The summed E-state index contributed by atoms with van der Waals surface area (Å²) in [5.74, 6) is -0.227. The predicted molar refractivity (Wildman–Crippen MR) is 106 cm³/mol. The summed E-state index contributed by atoms with van der Waals surface area (Å²) in [6.45, 7) is 0. The molecule has 0 bridgehead atoms. The molecule has 0 aliphatic heterocycles. The zero-order valence-electron chi connectivity index (χ0n) is 14.8. The summed E-state index contributed by atoms with van der Waals surface area (Å²) < 4.78 is 4.97. The smallest absolute Gasteiger partial charge is 0.163 e. The number of carbonyl (C=O) groups is 2. The summed E-state index contributed by atoms with van der Waals surface area (Å²) in [6.07, 6.45) is 7.64. The molecule has 0 radical (unpaired) electrons. The number of aromatic nitrogens is 1. The number of ketones is 2. The van der Waals surface area contributed by atoms with Crippen molar-refractivity contribution < 1.29 is 19.4 Å². The first-order valence-corrected chi connectivity index (χ1v) is 8.41. The number of aromatic amines is 1. The van der Waals surface area contributed by atoms with Crippen LogP contribution in [-0.2, 0) is 9.59 Å². The maximum atomic E-state index is 12.0. The van der Waals surface area contributed by atoms with Crippen LogP contribution in [0.25, 0.3) is 23.1 Å². The van der Waals surface area contributed by atoms with Crippen molar-refractivity contribution in [2.24, 2.45) is 0 Å². The molecule has 0 saturated heterocycles. The standard InChI is InChI=1S/C22H19NO4/c1-27-22-9-5-16(13-21(22)26)4-8-19(25)14-18(24)7-3-15-2-6-17-10-11-23-20(17)12-15/h2-13,23,26H,14H2,1H3/b7-3+,8-4+. The molecule has 0 aliphatic carbocycles. The molecule has 0 amide bonds. The van der Waals surface area contributed by atoms with Crippen molar-refractivity contribution >= 4 is 34.6 Å². The van der Waals surface area contributed by atoms with Crippen molar-refractivity contribution in [2.45, 2.75) is 6.42 Å². The molecule has 5 heteroatoms. The summed E-state index contributed by atoms with van der Waals surface area (Å²) in [6, 6.07) is 12.6. The minimum atomic E-state index is -0.306. The Hall–Kier alpha value is -3.60. The second-order valence-corrected chi connectivity index (χ2v) is 6.03. The van der Waals surface area contributed by atoms with Crippen LogP contribution >= 0.6 is 0 Å². The Bertz CT molecular complexity index is 1040. The molecule has 1 aromatic heterocycles. The third-order valence-corrected chi connectivity index (χ3v) is 4.05. The van der Waals surface area contributed by atoms with E-state index in [0.717, 1.165) is 16.5 Å². The van der Waals surface area contributed by atoms with Crippen molar-refractivity contribution in [1.82, 2.24) is 4.98 Å². The van der Waals surface area contributed by atoms with Crippen LogP contribution in [0.3, 0.4) is 0 Å². The van der Waals surface area contributed by atoms with E-state index in [0.29, 0.717) is 11.3 Å². The zero-order valence-corrected chi connectivity index (χ0v) is 14.8. The third kappa shape index (κ3) is 4.73. The highest BCUT2D eigenvalue weighted by Gasteiger charge is 2.05. The number of benzene rings is 2. The van der Waals surface area contributed by atoms with Crippen LogP contribution in [0.4, 0.5) is 0 Å². The van der Waals surface area contributed by atoms with Gasteiger partial charge in [0.2, 0.25) is 0 Å². The van der Waals surface area contributed by atoms with E-state index in [2.05, 4.69) is 4.98 Å². The van der Waals surface area contributed by atoms with Gasteiger partial charge >= 0.3 is 0 Å². The van der Waals surface area contributed by atoms with Gasteiger partial charge in [-0.15, -0.1) is 0 Å². The lowest BCUT2D eigenvalue weighted by Gasteiger charge is -2.03. The molecule has 0 atom stereocenters. The Morgan fingerprint density at radius 3 is 2.33 bits per heavy atom. The average Bonchev–Trinajstić information content (AvgIpc) is 3.12. The fourth-order valence-electron chi connectivity index (χ4n) is 2.65. The first kappa shape index (κ1) is 18.2. The third-order valence-electron chi connectivity index (χ3n) is 4.05. The number of ether oxygens (including phenoxy) is 1. The largest absolute Gasteiger partial charge is 0.504 e. The van der Waals surface area contributed by atoms with Crippen LogP contribution < -0.4 is 4.74 Å². The van der Waals surface area contributed by atoms with Gasteiger partial charge in [-0.05, 0) is 52.9 Å². The molecule has 0 spiro atoms. The fraction of sp³-hybridized carbons (Fsp3) is 0.0909. The van der Waals surface area contributed by atoms with Gasteiger partial charge in [-0.3, -0.25) is 9.59 Å². The maximum Gasteiger partial charge on any atom is 0.163 e. The second kappa shape index (κ2) is 8.19. The summed E-state index contributed by atoms with van der Waals surface area (Å²) >= 11 is 0. The Balaban J connectivity index is 1.58. The van der Waals surface area contributed by atoms with E-state index < -0.39 is 0 Å². The van der Waals surface area contributed by atoms with Crippen LogP contribution in [0, 0.1) is 0 Å². The lowest BCUT2D eigenvalue weighted by atomic mass is 10.1. The van der Waals surface area contributed by atoms with E-state index >= 15 is 0 Å². The average molecular weight is 361 g/mol. The number of methoxy groups -OCH3 is 1. The summed E-state index contributed by atoms with van der Waals surface area (Å²) in [5, 5.41) is 10.8. The molecule has 2 aromatic carbocycles. The van der Waals surface area contributed by atoms with Crippen molar-refractivity contribution in [3.63, 3.8) is 0 Å². The maximum absolute atomic E-state index is 12.0. The Kier molecular flexibility index (Phi) is 5.52. The molecule has 1 heterocycles. The number of aromatic hydroxyl groups is 1. The van der Waals surface area contributed by atoms with Crippen molar-refractivity contribution in [3.05, 3.63) is 71.9 Å². The molecule has 5 nitrogen and oxygen atoms in total. The Labute approximate surface area is 156 Å². The molecule has 0 unspecified atom stereocenters. The first-order chi connectivity index (χ1) is 13.0. The number of phenols is 1. The number of phenolic OH excluding ortho intramolecular Hbond substituents is 1. The van der Waals surface area contributed by atoms with Gasteiger partial charge in [0, 0.05) is 11.7 Å². The summed E-state index contributed by atoms with van der Waals surface area (Å²) in [4.78, 5) is 27.1. The monoisotopic (exact) mass is 361 g/mol. The number of nitrogens with one attached hydrogen (secondary N) is 1. The topological polar surface area (TPSA) is 79.4 Å². The van der Waals surface area contributed by atoms with E-state index in [1.54, 1.807) is 24.3 Å². The van der Waals surface area contributed by atoms with Crippen LogP contribution in [-0.4, -0.2) is 28.8 Å². The quantitative estimate of drug-likeness (QED) is 0.490. The molecular formula is C22H19NO4. The number of allylic oxidation sites excluding steroid dienone is 2. The SMILES string of the molecule is COc1ccc(/C=C/C(=O)CC(=O)/C=C/c2ccc3cc[nH]c3c2)cc1O. The normalized spacial score (nSPS) is 11.4. The fourth-order valence-corrected chi connectivity index (χ4v) is 2.65. The van der Waals surface area contributed by atoms with E-state index in [4.69, 9.17) is 4.74 Å². The van der Waals surface area contributed by atoms with Crippen molar-refractivity contribution in [2.75, 3.05) is 7.11 Å². The number of carbonyl (C=O) groups excluding carboxylic acids is 2. The lowest BCUT2D eigenvalue weighted by Crippen LogP contribution is -2.01. The summed E-state index contributed by atoms with van der Waals surface area (Å²) in [5.41, 5.74) is 2.52. The van der Waals surface area contributed by atoms with Crippen molar-refractivity contribution in [3.8, 4) is 11.5 Å². The van der Waals surface area contributed by atoms with Gasteiger partial charge in [0.15, 0.2) is 23.1 Å². The zero-order chi connectivity index (χ0) is 19.2. The molecular weight excluding hydrogens is 342 g/mol. The highest BCUT2D eigenvalue weighted by molar-refractivity contribution is 6.11. The Morgan fingerprint density at radius 1 is 1.00 bits per heavy atom. The Morgan fingerprint density at radius 2 is 1.67 bits per heavy atom. The highest BCUT2D eigenvalue weighted by atomic mass is 16.5. The second-order valence-electron chi connectivity index (χ2n) is 6.03. The van der Waals surface area contributed by atoms with E-state index in [-0.39, 0.29) is 23.7 Å². The minimum absolute atomic E-state index is 0.00913. The van der Waals surface area contributed by atoms with Crippen LogP contribution in [0.1, 0.15) is 17.5 Å². The minimum Gasteiger partial charge on any atom is -0.504 e. The molecule has 0 saturated carbocycles. The van der Waals surface area contributed by atoms with Crippen LogP contribution in [0.2, 0.25) is 0 Å². The molecule has 0 fully saturated rings. The van der Waals surface area contributed by atoms with E-state index in [1.165, 1.54) is 25.3 Å². The van der Waals surface area contributed by atoms with E-state index in [9.17, 15) is 14.7 Å². The molecule has 3 aromatic rings. The van der Waals surface area contributed by atoms with Gasteiger partial charge in [-0.25, -0.2) is 0 Å². The predicted octanol–water partition coefficient (Wildman–Crippen LogP) is 4.14. The van der Waals surface area contributed by atoms with Gasteiger partial charge in [-0.1, -0.05) is 30.4 Å². The highest BCUT2D eigenvalue weighted by Crippen LogP contribution is 2.26. The number of H-pyrrole nitrogens is 1. The molecule has 136 valence electrons. The number of fused-ring (bicyclic) bond motifs is 1. The van der Waals surface area contributed by atoms with Crippen LogP contribution in [0.15, 0.2) is 60.8 Å². The van der Waals surface area contributed by atoms with Gasteiger partial charge in [-0.2, -0.15) is 0 Å². The van der Waals surface area contributed by atoms with Gasteiger partial charge in [0.25, 0.3) is 0 Å². The lowest BCUT2D eigenvalue weighted by molar-refractivity contribution is -0.121.